The van der Waals surface area contributed by atoms with Crippen molar-refractivity contribution < 1.29 is 13.6 Å². The highest BCUT2D eigenvalue weighted by molar-refractivity contribution is 7.54. The second-order valence-electron chi connectivity index (χ2n) is 2.90. The molecule has 1 unspecified atom stereocenters. The Bertz CT molecular complexity index is 362. The lowest BCUT2D eigenvalue weighted by Crippen LogP contribution is -2.08. The van der Waals surface area contributed by atoms with E-state index in [1.807, 2.05) is 24.3 Å². The highest BCUT2D eigenvalue weighted by atomic mass is 31.2. The highest BCUT2D eigenvalue weighted by Crippen LogP contribution is 2.52. The first-order chi connectivity index (χ1) is 6.23. The summed E-state index contributed by atoms with van der Waals surface area (Å²) in [5.74, 6) is 0.693. The number of para-hydroxylation sites is 1. The zero-order valence-electron chi connectivity index (χ0n) is 7.40. The van der Waals surface area contributed by atoms with Gasteiger partial charge in [0, 0.05) is 5.56 Å². The van der Waals surface area contributed by atoms with Crippen molar-refractivity contribution in [2.75, 3.05) is 6.16 Å². The fourth-order valence-electron chi connectivity index (χ4n) is 1.21. The smallest absolute Gasteiger partial charge is 0.379 e. The van der Waals surface area contributed by atoms with Crippen LogP contribution in [0, 0.1) is 0 Å². The van der Waals surface area contributed by atoms with E-state index in [4.69, 9.17) is 9.05 Å². The van der Waals surface area contributed by atoms with Gasteiger partial charge in [-0.05, 0) is 6.07 Å². The lowest BCUT2D eigenvalue weighted by molar-refractivity contribution is 0.233. The maximum atomic E-state index is 11.7. The molecule has 1 aromatic rings. The third kappa shape index (κ3) is 1.62. The third-order valence-electron chi connectivity index (χ3n) is 2.01. The first-order valence-corrected chi connectivity index (χ1v) is 5.97. The van der Waals surface area contributed by atoms with Gasteiger partial charge in [-0.25, -0.2) is 4.57 Å². The molecular weight excluding hydrogens is 187 g/mol. The summed E-state index contributed by atoms with van der Waals surface area (Å²) in [5.41, 5.74) is 0.961. The Morgan fingerprint density at radius 3 is 3.00 bits per heavy atom. The first-order valence-electron chi connectivity index (χ1n) is 4.24. The Kier molecular flexibility index (Phi) is 2.14. The Balaban J connectivity index is 2.35. The predicted molar refractivity (Wildman–Crippen MR) is 50.0 cm³/mol. The Labute approximate surface area is 77.2 Å². The normalized spacial score (nSPS) is 26.2. The van der Waals surface area contributed by atoms with Gasteiger partial charge >= 0.3 is 7.60 Å². The Hall–Kier alpha value is -0.790. The van der Waals surface area contributed by atoms with Crippen molar-refractivity contribution in [3.63, 3.8) is 0 Å². The van der Waals surface area contributed by atoms with Crippen LogP contribution in [0.2, 0.25) is 0 Å². The van der Waals surface area contributed by atoms with E-state index >= 15 is 0 Å². The number of benzene rings is 1. The van der Waals surface area contributed by atoms with E-state index in [0.29, 0.717) is 18.5 Å². The molecule has 0 saturated heterocycles. The van der Waals surface area contributed by atoms with Gasteiger partial charge in [0.05, 0.1) is 12.8 Å². The lowest BCUT2D eigenvalue weighted by atomic mass is 10.2. The van der Waals surface area contributed by atoms with Crippen LogP contribution in [0.15, 0.2) is 24.3 Å². The topological polar surface area (TPSA) is 35.5 Å². The standard InChI is InChI=1S/C9H11O3P/c1-2-13(10)11-7-8-5-3-4-6-9(8)12-13/h3-6H,2,7H2,1H3. The van der Waals surface area contributed by atoms with E-state index in [0.717, 1.165) is 5.56 Å². The van der Waals surface area contributed by atoms with Crippen LogP contribution in [0.5, 0.6) is 5.75 Å². The maximum absolute atomic E-state index is 11.7. The van der Waals surface area contributed by atoms with E-state index in [1.165, 1.54) is 0 Å². The minimum absolute atomic E-state index is 0.390. The van der Waals surface area contributed by atoms with Gasteiger partial charge in [0.25, 0.3) is 0 Å². The number of hydrogen-bond acceptors (Lipinski definition) is 3. The largest absolute Gasteiger partial charge is 0.424 e. The zero-order valence-corrected chi connectivity index (χ0v) is 8.29. The van der Waals surface area contributed by atoms with Gasteiger partial charge in [0.2, 0.25) is 0 Å². The molecule has 0 aliphatic carbocycles. The fourth-order valence-corrected chi connectivity index (χ4v) is 2.39. The van der Waals surface area contributed by atoms with Crippen molar-refractivity contribution in [1.82, 2.24) is 0 Å². The van der Waals surface area contributed by atoms with E-state index in [1.54, 1.807) is 6.92 Å². The number of rotatable bonds is 1. The van der Waals surface area contributed by atoms with Crippen molar-refractivity contribution in [3.05, 3.63) is 29.8 Å². The molecule has 0 bridgehead atoms. The summed E-state index contributed by atoms with van der Waals surface area (Å²) in [6.45, 7) is 2.19. The summed E-state index contributed by atoms with van der Waals surface area (Å²) in [6, 6.07) is 7.51. The molecule has 0 radical (unpaired) electrons. The quantitative estimate of drug-likeness (QED) is 0.651. The summed E-state index contributed by atoms with van der Waals surface area (Å²) >= 11 is 0. The summed E-state index contributed by atoms with van der Waals surface area (Å²) in [5, 5.41) is 0. The third-order valence-corrected chi connectivity index (χ3v) is 3.79. The van der Waals surface area contributed by atoms with Gasteiger partial charge in [-0.2, -0.15) is 0 Å². The molecule has 0 aromatic heterocycles. The van der Waals surface area contributed by atoms with Crippen LogP contribution in [0.25, 0.3) is 0 Å². The molecule has 2 rings (SSSR count). The molecule has 70 valence electrons. The lowest BCUT2D eigenvalue weighted by Gasteiger charge is -2.24. The van der Waals surface area contributed by atoms with Crippen molar-refractivity contribution in [1.29, 1.82) is 0 Å². The molecule has 0 N–H and O–H groups in total. The molecular formula is C9H11O3P. The minimum Gasteiger partial charge on any atom is -0.424 e. The van der Waals surface area contributed by atoms with Gasteiger partial charge in [-0.3, -0.25) is 4.52 Å². The van der Waals surface area contributed by atoms with Crippen LogP contribution in [0.4, 0.5) is 0 Å². The number of fused-ring (bicyclic) bond motifs is 1. The van der Waals surface area contributed by atoms with Gasteiger partial charge in [0.1, 0.15) is 5.75 Å². The summed E-state index contributed by atoms with van der Waals surface area (Å²) < 4.78 is 22.2. The minimum atomic E-state index is -2.83. The van der Waals surface area contributed by atoms with Crippen LogP contribution in [0.1, 0.15) is 12.5 Å². The monoisotopic (exact) mass is 198 g/mol. The molecule has 0 spiro atoms. The molecule has 13 heavy (non-hydrogen) atoms. The molecule has 4 heteroatoms. The van der Waals surface area contributed by atoms with Crippen LogP contribution in [-0.4, -0.2) is 6.16 Å². The molecule has 1 aliphatic rings. The predicted octanol–water partition coefficient (Wildman–Crippen LogP) is 2.81. The van der Waals surface area contributed by atoms with E-state index in [2.05, 4.69) is 0 Å². The maximum Gasteiger partial charge on any atom is 0.379 e. The second kappa shape index (κ2) is 3.17. The van der Waals surface area contributed by atoms with Gasteiger partial charge in [0.15, 0.2) is 0 Å². The fraction of sp³-hybridized carbons (Fsp3) is 0.333. The van der Waals surface area contributed by atoms with Gasteiger partial charge < -0.3 is 4.52 Å². The van der Waals surface area contributed by atoms with Crippen molar-refractivity contribution >= 4 is 7.60 Å². The van der Waals surface area contributed by atoms with Gasteiger partial charge in [-0.15, -0.1) is 0 Å². The van der Waals surface area contributed by atoms with Crippen LogP contribution in [0.3, 0.4) is 0 Å². The van der Waals surface area contributed by atoms with Gasteiger partial charge in [-0.1, -0.05) is 25.1 Å². The van der Waals surface area contributed by atoms with Crippen molar-refractivity contribution in [3.8, 4) is 5.75 Å². The molecule has 3 nitrogen and oxygen atoms in total. The van der Waals surface area contributed by atoms with E-state index < -0.39 is 7.60 Å². The highest BCUT2D eigenvalue weighted by Gasteiger charge is 2.29. The Morgan fingerprint density at radius 1 is 1.46 bits per heavy atom. The molecule has 0 amide bonds. The second-order valence-corrected chi connectivity index (χ2v) is 5.19. The van der Waals surface area contributed by atoms with Crippen molar-refractivity contribution in [2.24, 2.45) is 0 Å². The van der Waals surface area contributed by atoms with E-state index in [-0.39, 0.29) is 0 Å². The van der Waals surface area contributed by atoms with Crippen LogP contribution < -0.4 is 4.52 Å². The van der Waals surface area contributed by atoms with Crippen LogP contribution in [-0.2, 0) is 15.7 Å². The molecule has 0 saturated carbocycles. The molecule has 0 fully saturated rings. The molecule has 1 aliphatic heterocycles. The van der Waals surface area contributed by atoms with Crippen LogP contribution >= 0.6 is 7.60 Å². The molecule has 1 aromatic carbocycles. The van der Waals surface area contributed by atoms with E-state index in [9.17, 15) is 4.57 Å². The average Bonchev–Trinajstić information content (AvgIpc) is 2.18. The summed E-state index contributed by atoms with van der Waals surface area (Å²) in [7, 11) is -2.83. The summed E-state index contributed by atoms with van der Waals surface area (Å²) in [4.78, 5) is 0. The molecule has 1 heterocycles. The van der Waals surface area contributed by atoms with Crippen molar-refractivity contribution in [2.45, 2.75) is 13.5 Å². The molecule has 1 atom stereocenters. The SMILES string of the molecule is CCP1(=O)OCc2ccccc2O1. The number of hydrogen-bond donors (Lipinski definition) is 0. The summed E-state index contributed by atoms with van der Waals surface area (Å²) in [6.07, 6.45) is 0.418. The first kappa shape index (κ1) is 8.79. The average molecular weight is 198 g/mol. The Morgan fingerprint density at radius 2 is 2.23 bits per heavy atom. The zero-order chi connectivity index (χ0) is 9.31.